The molecule has 0 radical (unpaired) electrons. The number of ether oxygens (including phenoxy) is 2. The van der Waals surface area contributed by atoms with E-state index in [9.17, 15) is 14.7 Å². The van der Waals surface area contributed by atoms with Gasteiger partial charge < -0.3 is 35.6 Å². The Hall–Kier alpha value is -3.35. The maximum absolute atomic E-state index is 12.8. The number of hydrogen-bond acceptors (Lipinski definition) is 8. The third-order valence-corrected chi connectivity index (χ3v) is 5.83. The highest BCUT2D eigenvalue weighted by molar-refractivity contribution is 5.77. The Labute approximate surface area is 221 Å². The van der Waals surface area contributed by atoms with Crippen LogP contribution in [0.3, 0.4) is 0 Å². The molecule has 1 heterocycles. The molecule has 11 nitrogen and oxygen atoms in total. The van der Waals surface area contributed by atoms with Crippen LogP contribution in [0.1, 0.15) is 25.2 Å². The van der Waals surface area contributed by atoms with E-state index in [-0.39, 0.29) is 25.4 Å². The summed E-state index contributed by atoms with van der Waals surface area (Å²) in [6.07, 6.45) is 0.0855. The molecule has 0 aliphatic rings. The van der Waals surface area contributed by atoms with Gasteiger partial charge in [-0.05, 0) is 36.8 Å². The second-order valence-electron chi connectivity index (χ2n) is 8.81. The second-order valence-corrected chi connectivity index (χ2v) is 8.81. The number of aryl methyl sites for hydroxylation is 1. The Balaban J connectivity index is 0.000000550. The first-order chi connectivity index (χ1) is 18.2. The monoisotopic (exact) mass is 532 g/mol. The lowest BCUT2D eigenvalue weighted by Crippen LogP contribution is -2.78. The maximum Gasteiger partial charge on any atom is 0.333 e. The van der Waals surface area contributed by atoms with Crippen molar-refractivity contribution in [1.82, 2.24) is 9.55 Å². The van der Waals surface area contributed by atoms with Crippen molar-refractivity contribution < 1.29 is 40.4 Å². The van der Waals surface area contributed by atoms with E-state index >= 15 is 0 Å². The molecule has 0 unspecified atom stereocenters. The highest BCUT2D eigenvalue weighted by Gasteiger charge is 2.25. The number of fused-ring (bicyclic) bond motifs is 1. The Morgan fingerprint density at radius 1 is 1.05 bits per heavy atom. The molecule has 0 spiro atoms. The zero-order valence-corrected chi connectivity index (χ0v) is 21.9. The van der Waals surface area contributed by atoms with E-state index in [1.54, 1.807) is 29.7 Å². The highest BCUT2D eigenvalue weighted by Crippen LogP contribution is 2.15. The Kier molecular flexibility index (Phi) is 12.3. The van der Waals surface area contributed by atoms with Crippen LogP contribution >= 0.6 is 0 Å². The van der Waals surface area contributed by atoms with Gasteiger partial charge in [0.25, 0.3) is 5.56 Å². The molecular formula is C27H38N3O8+. The number of para-hydroxylation sites is 1. The summed E-state index contributed by atoms with van der Waals surface area (Å²) in [5, 5.41) is 35.0. The number of nitrogens with zero attached hydrogens (tertiary/aromatic N) is 2. The van der Waals surface area contributed by atoms with Crippen molar-refractivity contribution in [3.8, 4) is 5.75 Å². The molecule has 0 saturated heterocycles. The normalized spacial score (nSPS) is 12.1. The molecule has 0 aliphatic heterocycles. The summed E-state index contributed by atoms with van der Waals surface area (Å²) in [6, 6.07) is 14.6. The molecule has 2 aromatic carbocycles. The number of quaternary nitrogens is 1. The number of benzene rings is 2. The third-order valence-electron chi connectivity index (χ3n) is 5.83. The van der Waals surface area contributed by atoms with Gasteiger partial charge >= 0.3 is 5.97 Å². The van der Waals surface area contributed by atoms with Crippen molar-refractivity contribution in [2.45, 2.75) is 44.9 Å². The van der Waals surface area contributed by atoms with Crippen molar-refractivity contribution in [1.29, 1.82) is 0 Å². The van der Waals surface area contributed by atoms with Crippen molar-refractivity contribution in [3.63, 3.8) is 0 Å². The fraction of sp³-hybridized carbons (Fsp3) is 0.444. The predicted molar refractivity (Wildman–Crippen MR) is 141 cm³/mol. The number of aliphatic hydroxyl groups is 3. The second kappa shape index (κ2) is 15.2. The van der Waals surface area contributed by atoms with Gasteiger partial charge in [-0.15, -0.1) is 0 Å². The van der Waals surface area contributed by atoms with Crippen LogP contribution in [-0.4, -0.2) is 80.6 Å². The summed E-state index contributed by atoms with van der Waals surface area (Å²) in [5.74, 6) is 0.411. The van der Waals surface area contributed by atoms with E-state index in [4.69, 9.17) is 24.8 Å². The molecule has 208 valence electrons. The summed E-state index contributed by atoms with van der Waals surface area (Å²) in [7, 11) is 0. The summed E-state index contributed by atoms with van der Waals surface area (Å²) < 4.78 is 12.7. The van der Waals surface area contributed by atoms with Crippen LogP contribution in [0.2, 0.25) is 0 Å². The van der Waals surface area contributed by atoms with E-state index < -0.39 is 17.6 Å². The van der Waals surface area contributed by atoms with E-state index in [2.05, 4.69) is 10.7 Å². The van der Waals surface area contributed by atoms with Crippen molar-refractivity contribution in [2.24, 2.45) is 0 Å². The smallest absolute Gasteiger partial charge is 0.333 e. The molecule has 1 aromatic heterocycles. The molecule has 11 heteroatoms. The summed E-state index contributed by atoms with van der Waals surface area (Å²) in [6.45, 7) is 3.93. The first-order valence-corrected chi connectivity index (χ1v) is 12.4. The lowest BCUT2D eigenvalue weighted by molar-refractivity contribution is -0.494. The predicted octanol–water partition coefficient (Wildman–Crippen LogP) is 0.0141. The van der Waals surface area contributed by atoms with Crippen LogP contribution < -0.4 is 16.0 Å². The fourth-order valence-electron chi connectivity index (χ4n) is 3.47. The number of aromatic nitrogens is 2. The Morgan fingerprint density at radius 3 is 2.21 bits per heavy atom. The van der Waals surface area contributed by atoms with Gasteiger partial charge in [-0.3, -0.25) is 9.36 Å². The van der Waals surface area contributed by atoms with Gasteiger partial charge in [0, 0.05) is 19.4 Å². The van der Waals surface area contributed by atoms with Gasteiger partial charge in [-0.2, -0.15) is 0 Å². The van der Waals surface area contributed by atoms with Gasteiger partial charge in [-0.1, -0.05) is 31.2 Å². The molecule has 0 bridgehead atoms. The maximum atomic E-state index is 12.8. The summed E-state index contributed by atoms with van der Waals surface area (Å²) in [4.78, 5) is 28.6. The van der Waals surface area contributed by atoms with Crippen LogP contribution in [0.25, 0.3) is 10.9 Å². The van der Waals surface area contributed by atoms with Crippen LogP contribution in [-0.2, 0) is 28.9 Å². The van der Waals surface area contributed by atoms with Gasteiger partial charge in [0.05, 0.1) is 17.4 Å². The zero-order valence-electron chi connectivity index (χ0n) is 21.9. The van der Waals surface area contributed by atoms with Crippen LogP contribution in [0.5, 0.6) is 5.75 Å². The number of aliphatic hydroxyl groups excluding tert-OH is 3. The zero-order chi connectivity index (χ0) is 28.1. The standard InChI is InChI=1S/C23H26N2O5.C4H11NO3/c1-3-21-24-19-8-6-5-7-18(19)22(26)25(21)13-14-30-17-11-9-16(10-12-17)15-20(23(27)28)29-4-2;5-4(1-6,2-7)3-8/h5-12,20H,3-4,13-15H2,1-2H3,(H,27,28);6-8H,1-3,5H2/p+1/t20-;/m0./s1. The number of carboxylic acids is 1. The van der Waals surface area contributed by atoms with Crippen LogP contribution in [0, 0.1) is 0 Å². The molecule has 7 N–H and O–H groups in total. The highest BCUT2D eigenvalue weighted by atomic mass is 16.5. The molecule has 0 aliphatic carbocycles. The van der Waals surface area contributed by atoms with Gasteiger partial charge in [0.15, 0.2) is 11.6 Å². The van der Waals surface area contributed by atoms with Gasteiger partial charge in [0.2, 0.25) is 0 Å². The molecule has 0 fully saturated rings. The molecule has 38 heavy (non-hydrogen) atoms. The number of aliphatic carboxylic acids is 1. The topological polar surface area (TPSA) is 179 Å². The molecule has 3 rings (SSSR count). The first kappa shape index (κ1) is 30.9. The molecule has 1 atom stereocenters. The molecule has 0 amide bonds. The number of hydrogen-bond donors (Lipinski definition) is 5. The molecular weight excluding hydrogens is 494 g/mol. The fourth-order valence-corrected chi connectivity index (χ4v) is 3.47. The minimum atomic E-state index is -0.974. The van der Waals surface area contributed by atoms with Crippen LogP contribution in [0.15, 0.2) is 53.3 Å². The van der Waals surface area contributed by atoms with E-state index in [0.717, 1.165) is 11.4 Å². The van der Waals surface area contributed by atoms with Gasteiger partial charge in [0.1, 0.15) is 38.0 Å². The molecule has 3 aromatic rings. The number of carbonyl (C=O) groups is 1. The lowest BCUT2D eigenvalue weighted by Gasteiger charge is -2.16. The largest absolute Gasteiger partial charge is 0.492 e. The lowest BCUT2D eigenvalue weighted by atomic mass is 10.1. The summed E-state index contributed by atoms with van der Waals surface area (Å²) >= 11 is 0. The van der Waals surface area contributed by atoms with Crippen molar-refractivity contribution in [3.05, 3.63) is 70.3 Å². The average Bonchev–Trinajstić information content (AvgIpc) is 2.94. The van der Waals surface area contributed by atoms with Crippen molar-refractivity contribution in [2.75, 3.05) is 33.0 Å². The van der Waals surface area contributed by atoms with Crippen LogP contribution in [0.4, 0.5) is 0 Å². The number of carboxylic acid groups (broad SMARTS) is 1. The van der Waals surface area contributed by atoms with Crippen molar-refractivity contribution >= 4 is 16.9 Å². The minimum absolute atomic E-state index is 0.0629. The van der Waals surface area contributed by atoms with E-state index in [0.29, 0.717) is 49.3 Å². The Morgan fingerprint density at radius 2 is 1.68 bits per heavy atom. The third kappa shape index (κ3) is 8.61. The Bertz CT molecular complexity index is 1200. The van der Waals surface area contributed by atoms with E-state index in [1.165, 1.54) is 0 Å². The SMILES string of the molecule is CCO[C@@H](Cc1ccc(OCCn2c(CC)nc3ccccc3c2=O)cc1)C(=O)O.[NH3+]C(CO)(CO)CO. The summed E-state index contributed by atoms with van der Waals surface area (Å²) in [5.41, 5.74) is 3.91. The minimum Gasteiger partial charge on any atom is -0.492 e. The van der Waals surface area contributed by atoms with Gasteiger partial charge in [-0.25, -0.2) is 9.78 Å². The molecule has 0 saturated carbocycles. The first-order valence-electron chi connectivity index (χ1n) is 12.4. The van der Waals surface area contributed by atoms with E-state index in [1.807, 2.05) is 37.3 Å². The average molecular weight is 533 g/mol. The number of rotatable bonds is 13. The quantitative estimate of drug-likeness (QED) is 0.203.